The van der Waals surface area contributed by atoms with E-state index in [1.165, 1.54) is 6.92 Å². The first-order chi connectivity index (χ1) is 13.8. The second-order valence-electron chi connectivity index (χ2n) is 7.67. The number of carbonyl (C=O) groups is 4. The van der Waals surface area contributed by atoms with E-state index in [1.807, 2.05) is 44.2 Å². The molecule has 1 aliphatic heterocycles. The first kappa shape index (κ1) is 20.8. The Morgan fingerprint density at radius 3 is 2.38 bits per heavy atom. The van der Waals surface area contributed by atoms with Crippen LogP contribution in [0.5, 0.6) is 0 Å². The number of fused-ring (bicyclic) bond motifs is 1. The lowest BCUT2D eigenvalue weighted by Crippen LogP contribution is -2.35. The Bertz CT molecular complexity index is 850. The van der Waals surface area contributed by atoms with Crippen LogP contribution in [-0.4, -0.2) is 41.2 Å². The normalized spacial score (nSPS) is 21.7. The quantitative estimate of drug-likeness (QED) is 0.452. The van der Waals surface area contributed by atoms with E-state index in [0.717, 1.165) is 16.0 Å². The van der Waals surface area contributed by atoms with Gasteiger partial charge in [-0.25, -0.2) is 0 Å². The highest BCUT2D eigenvalue weighted by atomic mass is 16.5. The summed E-state index contributed by atoms with van der Waals surface area (Å²) in [6.45, 7) is 5.27. The van der Waals surface area contributed by atoms with E-state index < -0.39 is 18.0 Å². The highest BCUT2D eigenvalue weighted by molar-refractivity contribution is 6.05. The third-order valence-electron chi connectivity index (χ3n) is 5.47. The van der Waals surface area contributed by atoms with Gasteiger partial charge in [0, 0.05) is 12.2 Å². The molecule has 7 nitrogen and oxygen atoms in total. The molecule has 0 saturated carbocycles. The maximum absolute atomic E-state index is 12.4. The van der Waals surface area contributed by atoms with Crippen LogP contribution in [0.3, 0.4) is 0 Å². The van der Waals surface area contributed by atoms with Crippen molar-refractivity contribution in [2.24, 2.45) is 11.8 Å². The average molecular weight is 398 g/mol. The number of amides is 3. The molecular formula is C22H26N2O5. The number of ether oxygens (including phenoxy) is 1. The zero-order chi connectivity index (χ0) is 21.1. The average Bonchev–Trinajstić information content (AvgIpc) is 2.93. The van der Waals surface area contributed by atoms with Crippen LogP contribution in [0.25, 0.3) is 0 Å². The van der Waals surface area contributed by atoms with Gasteiger partial charge in [-0.05, 0) is 50.8 Å². The maximum atomic E-state index is 12.4. The van der Waals surface area contributed by atoms with Crippen LogP contribution in [0.2, 0.25) is 0 Å². The van der Waals surface area contributed by atoms with E-state index in [4.69, 9.17) is 4.74 Å². The summed E-state index contributed by atoms with van der Waals surface area (Å²) < 4.78 is 5.19. The molecule has 3 amide bonds. The van der Waals surface area contributed by atoms with Crippen LogP contribution in [0.15, 0.2) is 30.4 Å². The predicted octanol–water partition coefficient (Wildman–Crippen LogP) is 2.51. The SMILES string of the molecule is Cc1ccc(C)c(NC(=O)[C@H](C)OC(=O)CCN2C(=O)[C@H]3CC=CC[C@H]3C2=O)c1. The van der Waals surface area contributed by atoms with Gasteiger partial charge < -0.3 is 10.1 Å². The van der Waals surface area contributed by atoms with Gasteiger partial charge >= 0.3 is 5.97 Å². The number of aryl methyl sites for hydroxylation is 2. The van der Waals surface area contributed by atoms with Crippen molar-refractivity contribution in [2.45, 2.75) is 46.1 Å². The smallest absolute Gasteiger partial charge is 0.308 e. The number of nitrogens with one attached hydrogen (secondary N) is 1. The molecule has 1 aliphatic carbocycles. The molecule has 0 radical (unpaired) electrons. The summed E-state index contributed by atoms with van der Waals surface area (Å²) in [6.07, 6.45) is 3.84. The minimum atomic E-state index is -0.987. The topological polar surface area (TPSA) is 92.8 Å². The third-order valence-corrected chi connectivity index (χ3v) is 5.47. The number of rotatable bonds is 6. The summed E-state index contributed by atoms with van der Waals surface area (Å²) >= 11 is 0. The molecule has 3 rings (SSSR count). The van der Waals surface area contributed by atoms with Gasteiger partial charge in [-0.2, -0.15) is 0 Å². The van der Waals surface area contributed by atoms with Gasteiger partial charge in [0.1, 0.15) is 0 Å². The van der Waals surface area contributed by atoms with Crippen molar-refractivity contribution in [2.75, 3.05) is 11.9 Å². The number of hydrogen-bond acceptors (Lipinski definition) is 5. The molecule has 7 heteroatoms. The van der Waals surface area contributed by atoms with Gasteiger partial charge in [-0.15, -0.1) is 0 Å². The van der Waals surface area contributed by atoms with Crippen molar-refractivity contribution >= 4 is 29.4 Å². The number of anilines is 1. The van der Waals surface area contributed by atoms with E-state index in [2.05, 4.69) is 5.32 Å². The molecule has 0 aromatic heterocycles. The van der Waals surface area contributed by atoms with Crippen molar-refractivity contribution in [1.82, 2.24) is 4.90 Å². The summed E-state index contributed by atoms with van der Waals surface area (Å²) in [6, 6.07) is 5.70. The Hall–Kier alpha value is -2.96. The third kappa shape index (κ3) is 4.55. The molecule has 3 atom stereocenters. The zero-order valence-electron chi connectivity index (χ0n) is 16.9. The summed E-state index contributed by atoms with van der Waals surface area (Å²) in [5.41, 5.74) is 2.58. The Kier molecular flexibility index (Phi) is 6.15. The number of carbonyl (C=O) groups excluding carboxylic acids is 4. The maximum Gasteiger partial charge on any atom is 0.308 e. The van der Waals surface area contributed by atoms with Crippen LogP contribution in [0, 0.1) is 25.7 Å². The molecule has 2 aliphatic rings. The van der Waals surface area contributed by atoms with E-state index in [-0.39, 0.29) is 36.6 Å². The molecule has 154 valence electrons. The van der Waals surface area contributed by atoms with Crippen molar-refractivity contribution in [1.29, 1.82) is 0 Å². The van der Waals surface area contributed by atoms with Crippen LogP contribution < -0.4 is 5.32 Å². The number of benzene rings is 1. The second kappa shape index (κ2) is 8.59. The fourth-order valence-electron chi connectivity index (χ4n) is 3.71. The number of nitrogens with zero attached hydrogens (tertiary/aromatic N) is 1. The van der Waals surface area contributed by atoms with Crippen molar-refractivity contribution in [3.63, 3.8) is 0 Å². The highest BCUT2D eigenvalue weighted by Gasteiger charge is 2.47. The zero-order valence-corrected chi connectivity index (χ0v) is 16.9. The molecule has 1 aromatic rings. The van der Waals surface area contributed by atoms with Crippen molar-refractivity contribution in [3.05, 3.63) is 41.5 Å². The Morgan fingerprint density at radius 1 is 1.14 bits per heavy atom. The van der Waals surface area contributed by atoms with E-state index in [9.17, 15) is 19.2 Å². The molecule has 0 bridgehead atoms. The lowest BCUT2D eigenvalue weighted by Gasteiger charge is -2.17. The molecule has 0 unspecified atom stereocenters. The predicted molar refractivity (Wildman–Crippen MR) is 107 cm³/mol. The first-order valence-corrected chi connectivity index (χ1v) is 9.85. The fraction of sp³-hybridized carbons (Fsp3) is 0.455. The van der Waals surface area contributed by atoms with E-state index in [0.29, 0.717) is 18.5 Å². The Morgan fingerprint density at radius 2 is 1.76 bits per heavy atom. The molecule has 1 aromatic carbocycles. The lowest BCUT2D eigenvalue weighted by atomic mass is 9.85. The van der Waals surface area contributed by atoms with Gasteiger partial charge in [-0.3, -0.25) is 24.1 Å². The molecule has 1 heterocycles. The standard InChI is InChI=1S/C22H26N2O5/c1-13-8-9-14(2)18(12-13)23-20(26)15(3)29-19(25)10-11-24-21(27)16-6-4-5-7-17(16)22(24)28/h4-5,8-9,12,15-17H,6-7,10-11H2,1-3H3,(H,23,26)/t15-,16-,17+/m0/s1. The first-order valence-electron chi connectivity index (χ1n) is 9.85. The molecule has 1 N–H and O–H groups in total. The second-order valence-corrected chi connectivity index (χ2v) is 7.67. The molecule has 29 heavy (non-hydrogen) atoms. The van der Waals surface area contributed by atoms with E-state index >= 15 is 0 Å². The molecule has 1 saturated heterocycles. The molecular weight excluding hydrogens is 372 g/mol. The Labute approximate surface area is 170 Å². The lowest BCUT2D eigenvalue weighted by molar-refractivity contribution is -0.154. The van der Waals surface area contributed by atoms with Gasteiger partial charge in [0.15, 0.2) is 6.10 Å². The van der Waals surface area contributed by atoms with Crippen molar-refractivity contribution < 1.29 is 23.9 Å². The van der Waals surface area contributed by atoms with Gasteiger partial charge in [0.2, 0.25) is 11.8 Å². The number of likely N-dealkylation sites (tertiary alicyclic amines) is 1. The van der Waals surface area contributed by atoms with Gasteiger partial charge in [-0.1, -0.05) is 24.3 Å². The fourth-order valence-corrected chi connectivity index (χ4v) is 3.71. The summed E-state index contributed by atoms with van der Waals surface area (Å²) in [4.78, 5) is 50.5. The highest BCUT2D eigenvalue weighted by Crippen LogP contribution is 2.35. The van der Waals surface area contributed by atoms with Crippen LogP contribution in [0.4, 0.5) is 5.69 Å². The number of imide groups is 1. The van der Waals surface area contributed by atoms with Crippen LogP contribution in [-0.2, 0) is 23.9 Å². The number of esters is 1. The van der Waals surface area contributed by atoms with Crippen molar-refractivity contribution in [3.8, 4) is 0 Å². The monoisotopic (exact) mass is 398 g/mol. The number of hydrogen-bond donors (Lipinski definition) is 1. The molecule has 1 fully saturated rings. The molecule has 0 spiro atoms. The minimum absolute atomic E-state index is 0.0190. The van der Waals surface area contributed by atoms with Crippen LogP contribution >= 0.6 is 0 Å². The van der Waals surface area contributed by atoms with Gasteiger partial charge in [0.25, 0.3) is 5.91 Å². The minimum Gasteiger partial charge on any atom is -0.452 e. The Balaban J connectivity index is 1.50. The van der Waals surface area contributed by atoms with Gasteiger partial charge in [0.05, 0.1) is 18.3 Å². The number of allylic oxidation sites excluding steroid dienone is 2. The van der Waals surface area contributed by atoms with Crippen LogP contribution in [0.1, 0.15) is 37.3 Å². The van der Waals surface area contributed by atoms with E-state index in [1.54, 1.807) is 0 Å². The summed E-state index contributed by atoms with van der Waals surface area (Å²) in [5.74, 6) is -2.13. The summed E-state index contributed by atoms with van der Waals surface area (Å²) in [7, 11) is 0. The largest absolute Gasteiger partial charge is 0.452 e. The summed E-state index contributed by atoms with van der Waals surface area (Å²) in [5, 5.41) is 2.76.